The van der Waals surface area contributed by atoms with E-state index in [0.29, 0.717) is 11.8 Å². The zero-order valence-corrected chi connectivity index (χ0v) is 12.5. The summed E-state index contributed by atoms with van der Waals surface area (Å²) in [5.41, 5.74) is 0. The third kappa shape index (κ3) is 3.96. The first-order valence-electron chi connectivity index (χ1n) is 8.16. The van der Waals surface area contributed by atoms with Gasteiger partial charge in [-0.25, -0.2) is 0 Å². The second kappa shape index (κ2) is 6.92. The second-order valence-corrected chi connectivity index (χ2v) is 6.26. The van der Waals surface area contributed by atoms with Gasteiger partial charge in [0.2, 0.25) is 5.91 Å². The Balaban J connectivity index is 1.46. The van der Waals surface area contributed by atoms with E-state index < -0.39 is 0 Å². The number of nitrogens with zero attached hydrogens (tertiary/aromatic N) is 2. The van der Waals surface area contributed by atoms with Gasteiger partial charge in [-0.2, -0.15) is 0 Å². The van der Waals surface area contributed by atoms with Crippen LogP contribution in [0.2, 0.25) is 0 Å². The SMILES string of the molecule is O=C(CC1CCCCC1)N1CCC(Oc2ccncc2)C1. The molecule has 3 rings (SSSR count). The molecule has 1 aliphatic carbocycles. The molecule has 1 unspecified atom stereocenters. The van der Waals surface area contributed by atoms with Crippen LogP contribution >= 0.6 is 0 Å². The van der Waals surface area contributed by atoms with E-state index in [1.165, 1.54) is 32.1 Å². The molecule has 0 radical (unpaired) electrons. The van der Waals surface area contributed by atoms with Crippen LogP contribution in [-0.2, 0) is 4.79 Å². The smallest absolute Gasteiger partial charge is 0.222 e. The van der Waals surface area contributed by atoms with Crippen LogP contribution < -0.4 is 4.74 Å². The van der Waals surface area contributed by atoms with Crippen LogP contribution in [0, 0.1) is 5.92 Å². The van der Waals surface area contributed by atoms with Crippen LogP contribution in [0.25, 0.3) is 0 Å². The molecule has 0 aromatic carbocycles. The molecule has 1 aliphatic heterocycles. The van der Waals surface area contributed by atoms with Crippen LogP contribution in [0.5, 0.6) is 5.75 Å². The van der Waals surface area contributed by atoms with Crippen molar-refractivity contribution in [2.24, 2.45) is 5.92 Å². The molecule has 2 fully saturated rings. The van der Waals surface area contributed by atoms with E-state index in [4.69, 9.17) is 4.74 Å². The molecule has 114 valence electrons. The highest BCUT2D eigenvalue weighted by atomic mass is 16.5. The third-order valence-electron chi connectivity index (χ3n) is 4.64. The lowest BCUT2D eigenvalue weighted by atomic mass is 9.87. The lowest BCUT2D eigenvalue weighted by molar-refractivity contribution is -0.131. The van der Waals surface area contributed by atoms with Gasteiger partial charge in [0.15, 0.2) is 0 Å². The van der Waals surface area contributed by atoms with Crippen molar-refractivity contribution in [1.82, 2.24) is 9.88 Å². The van der Waals surface area contributed by atoms with Gasteiger partial charge in [-0.15, -0.1) is 0 Å². The Kier molecular flexibility index (Phi) is 4.73. The van der Waals surface area contributed by atoms with Gasteiger partial charge in [-0.3, -0.25) is 9.78 Å². The van der Waals surface area contributed by atoms with Crippen molar-refractivity contribution in [3.8, 4) is 5.75 Å². The summed E-state index contributed by atoms with van der Waals surface area (Å²) in [5, 5.41) is 0. The third-order valence-corrected chi connectivity index (χ3v) is 4.64. The van der Waals surface area contributed by atoms with Gasteiger partial charge in [0.1, 0.15) is 11.9 Å². The summed E-state index contributed by atoms with van der Waals surface area (Å²) in [6.45, 7) is 1.56. The Hall–Kier alpha value is -1.58. The quantitative estimate of drug-likeness (QED) is 0.855. The Morgan fingerprint density at radius 1 is 1.19 bits per heavy atom. The second-order valence-electron chi connectivity index (χ2n) is 6.26. The van der Waals surface area contributed by atoms with Gasteiger partial charge in [0, 0.05) is 31.8 Å². The van der Waals surface area contributed by atoms with E-state index in [1.54, 1.807) is 12.4 Å². The van der Waals surface area contributed by atoms with Gasteiger partial charge >= 0.3 is 0 Å². The van der Waals surface area contributed by atoms with Crippen LogP contribution in [0.3, 0.4) is 0 Å². The monoisotopic (exact) mass is 288 g/mol. The largest absolute Gasteiger partial charge is 0.488 e. The van der Waals surface area contributed by atoms with Crippen molar-refractivity contribution < 1.29 is 9.53 Å². The minimum Gasteiger partial charge on any atom is -0.488 e. The molecule has 0 bridgehead atoms. The fraction of sp³-hybridized carbons (Fsp3) is 0.647. The number of likely N-dealkylation sites (tertiary alicyclic amines) is 1. The average Bonchev–Trinajstić information content (AvgIpc) is 2.98. The first kappa shape index (κ1) is 14.4. The molecule has 1 aromatic rings. The minimum absolute atomic E-state index is 0.128. The summed E-state index contributed by atoms with van der Waals surface area (Å²) < 4.78 is 5.91. The van der Waals surface area contributed by atoms with E-state index in [1.807, 2.05) is 17.0 Å². The zero-order chi connectivity index (χ0) is 14.5. The maximum Gasteiger partial charge on any atom is 0.222 e. The Labute approximate surface area is 126 Å². The number of rotatable bonds is 4. The van der Waals surface area contributed by atoms with Gasteiger partial charge < -0.3 is 9.64 Å². The van der Waals surface area contributed by atoms with E-state index in [-0.39, 0.29) is 6.10 Å². The van der Waals surface area contributed by atoms with Gasteiger partial charge in [0.25, 0.3) is 0 Å². The van der Waals surface area contributed by atoms with Crippen molar-refractivity contribution >= 4 is 5.91 Å². The maximum atomic E-state index is 12.4. The standard InChI is InChI=1S/C17H24N2O2/c20-17(12-14-4-2-1-3-5-14)19-11-8-16(13-19)21-15-6-9-18-10-7-15/h6-7,9-10,14,16H,1-5,8,11-13H2. The topological polar surface area (TPSA) is 42.4 Å². The minimum atomic E-state index is 0.128. The fourth-order valence-electron chi connectivity index (χ4n) is 3.43. The van der Waals surface area contributed by atoms with Gasteiger partial charge in [0.05, 0.1) is 6.54 Å². The molecule has 1 aromatic heterocycles. The summed E-state index contributed by atoms with van der Waals surface area (Å²) in [4.78, 5) is 18.3. The van der Waals surface area contributed by atoms with Crippen LogP contribution in [0.4, 0.5) is 0 Å². The van der Waals surface area contributed by atoms with E-state index in [2.05, 4.69) is 4.98 Å². The van der Waals surface area contributed by atoms with Gasteiger partial charge in [-0.05, 0) is 30.9 Å². The summed E-state index contributed by atoms with van der Waals surface area (Å²) in [6.07, 6.45) is 11.7. The number of hydrogen-bond acceptors (Lipinski definition) is 3. The number of aromatic nitrogens is 1. The number of carbonyl (C=O) groups excluding carboxylic acids is 1. The summed E-state index contributed by atoms with van der Waals surface area (Å²) >= 11 is 0. The number of ether oxygens (including phenoxy) is 1. The highest BCUT2D eigenvalue weighted by molar-refractivity contribution is 5.76. The first-order valence-corrected chi connectivity index (χ1v) is 8.16. The zero-order valence-electron chi connectivity index (χ0n) is 12.5. The molecule has 2 heterocycles. The van der Waals surface area contributed by atoms with Crippen molar-refractivity contribution in [3.05, 3.63) is 24.5 Å². The highest BCUT2D eigenvalue weighted by Crippen LogP contribution is 2.27. The predicted molar refractivity (Wildman–Crippen MR) is 81.0 cm³/mol. The molecule has 21 heavy (non-hydrogen) atoms. The molecular formula is C17H24N2O2. The molecular weight excluding hydrogens is 264 g/mol. The molecule has 4 nitrogen and oxygen atoms in total. The van der Waals surface area contributed by atoms with Crippen molar-refractivity contribution in [3.63, 3.8) is 0 Å². The Bertz CT molecular complexity index is 457. The number of carbonyl (C=O) groups is 1. The lowest BCUT2D eigenvalue weighted by Gasteiger charge is -2.24. The summed E-state index contributed by atoms with van der Waals surface area (Å²) in [6, 6.07) is 3.74. The average molecular weight is 288 g/mol. The Morgan fingerprint density at radius 2 is 1.95 bits per heavy atom. The van der Waals surface area contributed by atoms with Crippen LogP contribution in [-0.4, -0.2) is 35.0 Å². The van der Waals surface area contributed by atoms with Gasteiger partial charge in [-0.1, -0.05) is 19.3 Å². The number of amides is 1. The number of pyridine rings is 1. The Morgan fingerprint density at radius 3 is 2.71 bits per heavy atom. The lowest BCUT2D eigenvalue weighted by Crippen LogP contribution is -2.32. The molecule has 0 spiro atoms. The molecule has 1 amide bonds. The van der Waals surface area contributed by atoms with Crippen molar-refractivity contribution in [2.75, 3.05) is 13.1 Å². The van der Waals surface area contributed by atoms with Crippen LogP contribution in [0.15, 0.2) is 24.5 Å². The molecule has 2 aliphatic rings. The summed E-state index contributed by atoms with van der Waals surface area (Å²) in [7, 11) is 0. The molecule has 1 atom stereocenters. The first-order chi connectivity index (χ1) is 10.3. The van der Waals surface area contributed by atoms with Crippen LogP contribution in [0.1, 0.15) is 44.9 Å². The van der Waals surface area contributed by atoms with E-state index in [0.717, 1.165) is 31.7 Å². The highest BCUT2D eigenvalue weighted by Gasteiger charge is 2.29. The number of hydrogen-bond donors (Lipinski definition) is 0. The molecule has 1 saturated carbocycles. The van der Waals surface area contributed by atoms with Crippen molar-refractivity contribution in [2.45, 2.75) is 51.0 Å². The molecule has 0 N–H and O–H groups in total. The summed E-state index contributed by atoms with van der Waals surface area (Å²) in [5.74, 6) is 1.78. The van der Waals surface area contributed by atoms with E-state index in [9.17, 15) is 4.79 Å². The molecule has 1 saturated heterocycles. The maximum absolute atomic E-state index is 12.4. The van der Waals surface area contributed by atoms with E-state index >= 15 is 0 Å². The fourth-order valence-corrected chi connectivity index (χ4v) is 3.43. The van der Waals surface area contributed by atoms with Crippen molar-refractivity contribution in [1.29, 1.82) is 0 Å². The normalized spacial score (nSPS) is 23.2. The molecule has 4 heteroatoms. The predicted octanol–water partition coefficient (Wildman–Crippen LogP) is 3.03.